The fourth-order valence-electron chi connectivity index (χ4n) is 4.23. The molecule has 0 fully saturated rings. The van der Waals surface area contributed by atoms with Crippen LogP contribution in [0.25, 0.3) is 21.5 Å². The van der Waals surface area contributed by atoms with Gasteiger partial charge in [-0.2, -0.15) is 12.1 Å². The quantitative estimate of drug-likeness (QED) is 0.248. The zero-order chi connectivity index (χ0) is 24.2. The van der Waals surface area contributed by atoms with E-state index in [2.05, 4.69) is 117 Å². The largest absolute Gasteiger partial charge is 1.00 e. The smallest absolute Gasteiger partial charge is 0.0308 e. The summed E-state index contributed by atoms with van der Waals surface area (Å²) in [6, 6.07) is 18.2. The Morgan fingerprint density at radius 3 is 1.21 bits per heavy atom. The summed E-state index contributed by atoms with van der Waals surface area (Å²) in [4.78, 5) is 0. The second-order valence-corrected chi connectivity index (χ2v) is 19.3. The van der Waals surface area contributed by atoms with Gasteiger partial charge in [-0.3, -0.25) is 0 Å². The Labute approximate surface area is 235 Å². The van der Waals surface area contributed by atoms with Gasteiger partial charge in [0.05, 0.1) is 0 Å². The Bertz CT molecular complexity index is 1120. The van der Waals surface area contributed by atoms with Crippen molar-refractivity contribution in [2.24, 2.45) is 0 Å². The molecule has 184 valence electrons. The predicted molar refractivity (Wildman–Crippen MR) is 144 cm³/mol. The first kappa shape index (κ1) is 33.3. The number of hydrogen-bond acceptors (Lipinski definition) is 0. The molecule has 0 radical (unpaired) electrons. The van der Waals surface area contributed by atoms with Crippen molar-refractivity contribution in [1.29, 1.82) is 0 Å². The van der Waals surface area contributed by atoms with E-state index in [9.17, 15) is 0 Å². The monoisotopic (exact) mass is 588 g/mol. The molecule has 0 atom stereocenters. The van der Waals surface area contributed by atoms with Crippen molar-refractivity contribution in [2.75, 3.05) is 0 Å². The summed E-state index contributed by atoms with van der Waals surface area (Å²) in [5, 5.41) is 5.73. The topological polar surface area (TPSA) is 0 Å². The molecule has 0 amide bonds. The maximum Gasteiger partial charge on any atom is -0.0308 e. The summed E-state index contributed by atoms with van der Waals surface area (Å²) < 4.78 is 0. The minimum atomic E-state index is 0. The van der Waals surface area contributed by atoms with E-state index in [1.165, 1.54) is 54.9 Å². The van der Waals surface area contributed by atoms with E-state index in [4.69, 9.17) is 0 Å². The van der Waals surface area contributed by atoms with Crippen LogP contribution in [0.15, 0.2) is 48.5 Å². The van der Waals surface area contributed by atoms with Crippen LogP contribution in [-0.4, -0.2) is 5.43 Å². The zero-order valence-corrected chi connectivity index (χ0v) is 27.5. The van der Waals surface area contributed by atoms with Gasteiger partial charge in [-0.05, 0) is 11.8 Å². The standard InChI is InChI=1S/2C14H17.C2H6Si.2ClH.Zr/c2*1-9(2)12-6-5-11(4)13-7-10(3)8-14(12)13;1-3-2;;;/h2*5-9H,1-4H3;1-2H3;2*1H;/q2*-1;;;;+2/p-2. The van der Waals surface area contributed by atoms with E-state index in [0.717, 1.165) is 0 Å². The van der Waals surface area contributed by atoms with E-state index in [0.29, 0.717) is 11.8 Å². The van der Waals surface area contributed by atoms with Crippen molar-refractivity contribution in [2.45, 2.75) is 80.3 Å². The van der Waals surface area contributed by atoms with Gasteiger partial charge in [0.15, 0.2) is 0 Å². The molecule has 0 saturated carbocycles. The second kappa shape index (κ2) is 14.8. The maximum absolute atomic E-state index is 2.31. The minimum absolute atomic E-state index is 0. The van der Waals surface area contributed by atoms with Crippen molar-refractivity contribution in [3.8, 4) is 0 Å². The Balaban J connectivity index is 0.000000528. The number of halogens is 2. The molecule has 0 N–H and O–H groups in total. The van der Waals surface area contributed by atoms with Gasteiger partial charge in [0.2, 0.25) is 0 Å². The van der Waals surface area contributed by atoms with Crippen molar-refractivity contribution in [3.05, 3.63) is 81.9 Å². The van der Waals surface area contributed by atoms with E-state index in [1.807, 2.05) is 0 Å². The predicted octanol–water partition coefficient (Wildman–Crippen LogP) is 3.39. The molecule has 4 aromatic carbocycles. The van der Waals surface area contributed by atoms with Crippen LogP contribution in [0.3, 0.4) is 0 Å². The zero-order valence-electron chi connectivity index (χ0n) is 22.5. The second-order valence-electron chi connectivity index (χ2n) is 9.97. The van der Waals surface area contributed by atoms with E-state index in [1.54, 1.807) is 23.3 Å². The molecule has 0 aromatic heterocycles. The van der Waals surface area contributed by atoms with E-state index < -0.39 is 0 Å². The van der Waals surface area contributed by atoms with Crippen molar-refractivity contribution < 1.29 is 48.1 Å². The first-order valence-electron chi connectivity index (χ1n) is 11.8. The molecular weight excluding hydrogens is 551 g/mol. The van der Waals surface area contributed by atoms with Crippen LogP contribution in [0.2, 0.25) is 13.1 Å². The molecule has 0 heterocycles. The third-order valence-electron chi connectivity index (χ3n) is 5.81. The first-order chi connectivity index (χ1) is 14.9. The van der Waals surface area contributed by atoms with Crippen LogP contribution >= 0.6 is 0 Å². The van der Waals surface area contributed by atoms with Crippen molar-refractivity contribution in [1.82, 2.24) is 0 Å². The summed E-state index contributed by atoms with van der Waals surface area (Å²) in [7, 11) is 0. The number of fused-ring (bicyclic) bond motifs is 2. The maximum atomic E-state index is 2.31. The van der Waals surface area contributed by atoms with E-state index in [-0.39, 0.29) is 30.2 Å². The van der Waals surface area contributed by atoms with Gasteiger partial charge in [-0.15, -0.1) is 68.1 Å². The Kier molecular flexibility index (Phi) is 14.5. The van der Waals surface area contributed by atoms with Crippen LogP contribution in [0.1, 0.15) is 72.9 Å². The SMILES string of the molecule is C[Si](C)=[Zr+2].Cc1cc2c(C(C)C)ccc(C)c2[cH-]1.Cc1cc2c(C(C)C)ccc(C)c2[cH-]1.[Cl-].[Cl-]. The summed E-state index contributed by atoms with van der Waals surface area (Å²) in [5.74, 6) is 1.22. The summed E-state index contributed by atoms with van der Waals surface area (Å²) in [5.41, 5.74) is 8.67. The average Bonchev–Trinajstić information content (AvgIpc) is 3.25. The fourth-order valence-corrected chi connectivity index (χ4v) is 4.23. The van der Waals surface area contributed by atoms with Gasteiger partial charge in [0.25, 0.3) is 0 Å². The van der Waals surface area contributed by atoms with Crippen LogP contribution in [0, 0.1) is 27.7 Å². The van der Waals surface area contributed by atoms with Crippen LogP contribution in [0.5, 0.6) is 0 Å². The van der Waals surface area contributed by atoms with Gasteiger partial charge in [0, 0.05) is 0 Å². The number of hydrogen-bond donors (Lipinski definition) is 0. The third kappa shape index (κ3) is 8.77. The molecular formula is C30H40Cl2SiZr-2. The fraction of sp³-hybridized carbons (Fsp3) is 0.400. The molecule has 0 bridgehead atoms. The summed E-state index contributed by atoms with van der Waals surface area (Å²) >= 11 is 1.74. The molecule has 0 unspecified atom stereocenters. The number of rotatable bonds is 2. The molecule has 0 nitrogen and oxygen atoms in total. The Hall–Kier alpha value is -0.660. The molecule has 4 aromatic rings. The van der Waals surface area contributed by atoms with Crippen molar-refractivity contribution in [3.63, 3.8) is 0 Å². The van der Waals surface area contributed by atoms with Crippen LogP contribution < -0.4 is 24.8 Å². The molecule has 0 aliphatic rings. The summed E-state index contributed by atoms with van der Waals surface area (Å²) in [6.07, 6.45) is 0. The molecule has 4 heteroatoms. The molecule has 0 aliphatic heterocycles. The molecule has 0 spiro atoms. The molecule has 0 aliphatic carbocycles. The van der Waals surface area contributed by atoms with Crippen molar-refractivity contribution >= 4 is 27.0 Å². The van der Waals surface area contributed by atoms with Gasteiger partial charge in [-0.1, -0.05) is 78.6 Å². The minimum Gasteiger partial charge on any atom is -1.00 e. The van der Waals surface area contributed by atoms with Gasteiger partial charge in [-0.25, -0.2) is 0 Å². The third-order valence-corrected chi connectivity index (χ3v) is 5.81. The molecule has 34 heavy (non-hydrogen) atoms. The van der Waals surface area contributed by atoms with Crippen LogP contribution in [-0.2, 0) is 23.3 Å². The normalized spacial score (nSPS) is 10.3. The molecule has 4 rings (SSSR count). The van der Waals surface area contributed by atoms with E-state index >= 15 is 0 Å². The van der Waals surface area contributed by atoms with Gasteiger partial charge in [0.1, 0.15) is 0 Å². The Morgan fingerprint density at radius 1 is 0.647 bits per heavy atom. The summed E-state index contributed by atoms with van der Waals surface area (Å²) in [6.45, 7) is 22.4. The molecule has 0 saturated heterocycles. The average molecular weight is 591 g/mol. The van der Waals surface area contributed by atoms with Gasteiger partial charge >= 0.3 is 41.9 Å². The Morgan fingerprint density at radius 2 is 0.941 bits per heavy atom. The first-order valence-corrected chi connectivity index (χ1v) is 18.0. The van der Waals surface area contributed by atoms with Gasteiger partial charge < -0.3 is 24.8 Å². The van der Waals surface area contributed by atoms with Crippen LogP contribution in [0.4, 0.5) is 0 Å². The number of aryl methyl sites for hydroxylation is 4. The number of benzene rings is 2.